The second-order valence-corrected chi connectivity index (χ2v) is 6.31. The molecule has 1 amide bonds. The Balaban J connectivity index is 1.87. The number of benzene rings is 1. The van der Waals surface area contributed by atoms with Crippen LogP contribution in [0, 0.1) is 0 Å². The zero-order valence-electron chi connectivity index (χ0n) is 12.4. The molecule has 24 heavy (non-hydrogen) atoms. The second-order valence-electron chi connectivity index (χ2n) is 5.46. The average Bonchev–Trinajstić information content (AvgIpc) is 2.93. The SMILES string of the molecule is CC1CC(C(F)F)n2nc(C(=O)Nc3cc(Cl)ccc3Cl)nc2N1. The van der Waals surface area contributed by atoms with Crippen molar-refractivity contribution in [3.63, 3.8) is 0 Å². The number of nitrogens with zero attached hydrogens (tertiary/aromatic N) is 3. The average molecular weight is 376 g/mol. The zero-order chi connectivity index (χ0) is 17.4. The molecule has 2 atom stereocenters. The summed E-state index contributed by atoms with van der Waals surface area (Å²) in [5.41, 5.74) is 0.286. The molecule has 0 saturated carbocycles. The number of hydrogen-bond donors (Lipinski definition) is 2. The van der Waals surface area contributed by atoms with Crippen molar-refractivity contribution >= 4 is 40.7 Å². The molecule has 0 aliphatic carbocycles. The number of halogens is 4. The predicted molar refractivity (Wildman–Crippen MR) is 87.2 cm³/mol. The third-order valence-electron chi connectivity index (χ3n) is 3.59. The molecule has 3 rings (SSSR count). The van der Waals surface area contributed by atoms with Gasteiger partial charge in [0.15, 0.2) is 0 Å². The number of nitrogens with one attached hydrogen (secondary N) is 2. The zero-order valence-corrected chi connectivity index (χ0v) is 13.9. The third kappa shape index (κ3) is 3.29. The quantitative estimate of drug-likeness (QED) is 0.854. The molecule has 1 aliphatic heterocycles. The first kappa shape index (κ1) is 16.9. The molecular formula is C14H13Cl2F2N5O. The van der Waals surface area contributed by atoms with Gasteiger partial charge in [-0.2, -0.15) is 4.98 Å². The van der Waals surface area contributed by atoms with Gasteiger partial charge in [-0.1, -0.05) is 23.2 Å². The minimum atomic E-state index is -2.60. The molecule has 128 valence electrons. The highest BCUT2D eigenvalue weighted by Gasteiger charge is 2.34. The Kier molecular flexibility index (Phi) is 4.60. The third-order valence-corrected chi connectivity index (χ3v) is 4.15. The molecule has 0 fully saturated rings. The maximum Gasteiger partial charge on any atom is 0.295 e. The van der Waals surface area contributed by atoms with Gasteiger partial charge in [0.05, 0.1) is 10.7 Å². The summed E-state index contributed by atoms with van der Waals surface area (Å²) >= 11 is 11.8. The van der Waals surface area contributed by atoms with E-state index in [2.05, 4.69) is 20.7 Å². The molecule has 0 spiro atoms. The summed E-state index contributed by atoms with van der Waals surface area (Å²) in [5.74, 6) is -0.752. The Labute approximate surface area is 146 Å². The van der Waals surface area contributed by atoms with Crippen molar-refractivity contribution in [3.8, 4) is 0 Å². The fraction of sp³-hybridized carbons (Fsp3) is 0.357. The molecule has 1 aromatic carbocycles. The number of carbonyl (C=O) groups excluding carboxylic acids is 1. The van der Waals surface area contributed by atoms with E-state index in [1.54, 1.807) is 13.0 Å². The Bertz CT molecular complexity index is 783. The van der Waals surface area contributed by atoms with Crippen LogP contribution in [0.1, 0.15) is 30.0 Å². The van der Waals surface area contributed by atoms with E-state index in [0.717, 1.165) is 4.68 Å². The van der Waals surface area contributed by atoms with E-state index in [1.807, 2.05) is 0 Å². The minimum absolute atomic E-state index is 0.140. The fourth-order valence-corrected chi connectivity index (χ4v) is 2.81. The van der Waals surface area contributed by atoms with E-state index in [0.29, 0.717) is 5.02 Å². The van der Waals surface area contributed by atoms with Crippen LogP contribution in [-0.2, 0) is 0 Å². The minimum Gasteiger partial charge on any atom is -0.352 e. The predicted octanol–water partition coefficient (Wildman–Crippen LogP) is 3.85. The normalized spacial score (nSPS) is 19.8. The summed E-state index contributed by atoms with van der Waals surface area (Å²) in [4.78, 5) is 16.3. The van der Waals surface area contributed by atoms with Gasteiger partial charge in [-0.25, -0.2) is 13.5 Å². The number of rotatable bonds is 3. The van der Waals surface area contributed by atoms with Crippen molar-refractivity contribution in [2.75, 3.05) is 10.6 Å². The molecule has 10 heteroatoms. The van der Waals surface area contributed by atoms with Gasteiger partial charge in [0, 0.05) is 11.1 Å². The number of fused-ring (bicyclic) bond motifs is 1. The van der Waals surface area contributed by atoms with Crippen LogP contribution < -0.4 is 10.6 Å². The van der Waals surface area contributed by atoms with Crippen molar-refractivity contribution in [3.05, 3.63) is 34.1 Å². The van der Waals surface area contributed by atoms with E-state index in [9.17, 15) is 13.6 Å². The van der Waals surface area contributed by atoms with Crippen LogP contribution in [0.2, 0.25) is 10.0 Å². The first-order chi connectivity index (χ1) is 11.3. The first-order valence-corrected chi connectivity index (χ1v) is 7.88. The standard InChI is InChI=1S/C14H13Cl2F2N5O/c1-6-4-10(11(17)18)23-14(19-6)21-12(22-23)13(24)20-9-5-7(15)2-3-8(9)16/h2-3,5-6,10-11H,4H2,1H3,(H,20,24)(H,19,21,22). The van der Waals surface area contributed by atoms with E-state index >= 15 is 0 Å². The summed E-state index contributed by atoms with van der Waals surface area (Å²) in [6.45, 7) is 1.76. The van der Waals surface area contributed by atoms with Crippen LogP contribution in [0.5, 0.6) is 0 Å². The van der Waals surface area contributed by atoms with Gasteiger partial charge in [-0.15, -0.1) is 5.10 Å². The lowest BCUT2D eigenvalue weighted by molar-refractivity contribution is 0.0662. The van der Waals surface area contributed by atoms with E-state index in [4.69, 9.17) is 23.2 Å². The van der Waals surface area contributed by atoms with Gasteiger partial charge in [-0.3, -0.25) is 4.79 Å². The Morgan fingerprint density at radius 2 is 2.21 bits per heavy atom. The molecule has 0 radical (unpaired) electrons. The summed E-state index contributed by atoms with van der Waals surface area (Å²) in [5, 5.41) is 10.0. The lowest BCUT2D eigenvalue weighted by Crippen LogP contribution is -2.33. The topological polar surface area (TPSA) is 71.8 Å². The highest BCUT2D eigenvalue weighted by molar-refractivity contribution is 6.35. The highest BCUT2D eigenvalue weighted by Crippen LogP contribution is 2.30. The molecule has 0 saturated heterocycles. The van der Waals surface area contributed by atoms with Gasteiger partial charge in [0.1, 0.15) is 6.04 Å². The summed E-state index contributed by atoms with van der Waals surface area (Å²) in [7, 11) is 0. The first-order valence-electron chi connectivity index (χ1n) is 7.13. The number of anilines is 2. The highest BCUT2D eigenvalue weighted by atomic mass is 35.5. The van der Waals surface area contributed by atoms with Crippen LogP contribution in [0.4, 0.5) is 20.4 Å². The number of carbonyl (C=O) groups is 1. The van der Waals surface area contributed by atoms with Crippen LogP contribution in [0.25, 0.3) is 0 Å². The maximum atomic E-state index is 13.2. The maximum absolute atomic E-state index is 13.2. The molecule has 6 nitrogen and oxygen atoms in total. The fourth-order valence-electron chi connectivity index (χ4n) is 2.47. The van der Waals surface area contributed by atoms with Crippen molar-refractivity contribution in [2.45, 2.75) is 31.9 Å². The Hall–Kier alpha value is -1.93. The monoisotopic (exact) mass is 375 g/mol. The molecule has 0 bridgehead atoms. The second kappa shape index (κ2) is 6.52. The molecule has 1 aromatic heterocycles. The lowest BCUT2D eigenvalue weighted by Gasteiger charge is -2.28. The van der Waals surface area contributed by atoms with Gasteiger partial charge in [0.2, 0.25) is 11.8 Å². The van der Waals surface area contributed by atoms with Crippen LogP contribution in [0.15, 0.2) is 18.2 Å². The number of amides is 1. The van der Waals surface area contributed by atoms with Crippen LogP contribution >= 0.6 is 23.2 Å². The van der Waals surface area contributed by atoms with E-state index in [-0.39, 0.29) is 34.9 Å². The lowest BCUT2D eigenvalue weighted by atomic mass is 10.1. The van der Waals surface area contributed by atoms with Gasteiger partial charge in [-0.05, 0) is 31.5 Å². The number of alkyl halides is 2. The Morgan fingerprint density at radius 1 is 1.46 bits per heavy atom. The van der Waals surface area contributed by atoms with Crippen molar-refractivity contribution < 1.29 is 13.6 Å². The molecule has 1 aliphatic rings. The number of aromatic nitrogens is 3. The smallest absolute Gasteiger partial charge is 0.295 e. The summed E-state index contributed by atoms with van der Waals surface area (Å²) < 4.78 is 27.4. The molecular weight excluding hydrogens is 363 g/mol. The molecule has 2 heterocycles. The largest absolute Gasteiger partial charge is 0.352 e. The van der Waals surface area contributed by atoms with E-state index < -0.39 is 18.4 Å². The van der Waals surface area contributed by atoms with Gasteiger partial charge in [0.25, 0.3) is 12.3 Å². The van der Waals surface area contributed by atoms with Crippen molar-refractivity contribution in [2.24, 2.45) is 0 Å². The van der Waals surface area contributed by atoms with Gasteiger partial charge >= 0.3 is 0 Å². The number of hydrogen-bond acceptors (Lipinski definition) is 4. The van der Waals surface area contributed by atoms with Crippen LogP contribution in [-0.4, -0.2) is 33.1 Å². The van der Waals surface area contributed by atoms with Crippen molar-refractivity contribution in [1.82, 2.24) is 14.8 Å². The molecule has 2 aromatic rings. The van der Waals surface area contributed by atoms with Crippen molar-refractivity contribution in [1.29, 1.82) is 0 Å². The van der Waals surface area contributed by atoms with Crippen LogP contribution in [0.3, 0.4) is 0 Å². The van der Waals surface area contributed by atoms with Gasteiger partial charge < -0.3 is 10.6 Å². The molecule has 2 unspecified atom stereocenters. The summed E-state index contributed by atoms with van der Waals surface area (Å²) in [6.07, 6.45) is -2.41. The molecule has 2 N–H and O–H groups in total. The Morgan fingerprint density at radius 3 is 2.92 bits per heavy atom. The summed E-state index contributed by atoms with van der Waals surface area (Å²) in [6, 6.07) is 3.26. The van der Waals surface area contributed by atoms with E-state index in [1.165, 1.54) is 12.1 Å².